The molecule has 0 atom stereocenters. The van der Waals surface area contributed by atoms with Gasteiger partial charge in [-0.15, -0.1) is 0 Å². The van der Waals surface area contributed by atoms with Gasteiger partial charge in [-0.1, -0.05) is 6.92 Å². The van der Waals surface area contributed by atoms with E-state index in [2.05, 4.69) is 27.5 Å². The van der Waals surface area contributed by atoms with E-state index in [0.717, 1.165) is 38.3 Å². The van der Waals surface area contributed by atoms with E-state index in [1.807, 2.05) is 0 Å². The molecule has 4 nitrogen and oxygen atoms in total. The molecular weight excluding hydrogens is 200 g/mol. The molecule has 1 aromatic rings. The quantitative estimate of drug-likeness (QED) is 0.711. The fourth-order valence-electron chi connectivity index (χ4n) is 2.08. The van der Waals surface area contributed by atoms with E-state index in [1.165, 1.54) is 24.1 Å². The minimum atomic E-state index is 0.934. The van der Waals surface area contributed by atoms with Crippen LogP contribution in [-0.4, -0.2) is 29.6 Å². The Morgan fingerprint density at radius 2 is 2.12 bits per heavy atom. The van der Waals surface area contributed by atoms with Gasteiger partial charge < -0.3 is 10.6 Å². The lowest BCUT2D eigenvalue weighted by Crippen LogP contribution is -2.23. The van der Waals surface area contributed by atoms with Gasteiger partial charge >= 0.3 is 0 Å². The first-order valence-corrected chi connectivity index (χ1v) is 6.19. The van der Waals surface area contributed by atoms with Gasteiger partial charge in [0.1, 0.15) is 12.1 Å². The van der Waals surface area contributed by atoms with Crippen molar-refractivity contribution < 1.29 is 0 Å². The molecule has 2 rings (SSSR count). The summed E-state index contributed by atoms with van der Waals surface area (Å²) in [7, 11) is 0. The van der Waals surface area contributed by atoms with Gasteiger partial charge in [-0.3, -0.25) is 0 Å². The van der Waals surface area contributed by atoms with E-state index in [-0.39, 0.29) is 0 Å². The van der Waals surface area contributed by atoms with E-state index >= 15 is 0 Å². The molecule has 0 spiro atoms. The fourth-order valence-corrected chi connectivity index (χ4v) is 2.08. The summed E-state index contributed by atoms with van der Waals surface area (Å²) in [5.74, 6) is 1.04. The van der Waals surface area contributed by atoms with Crippen LogP contribution in [0.25, 0.3) is 0 Å². The number of rotatable bonds is 6. The van der Waals surface area contributed by atoms with Gasteiger partial charge in [0.2, 0.25) is 0 Å². The lowest BCUT2D eigenvalue weighted by atomic mass is 10.2. The number of hydrogen-bond donors (Lipinski definition) is 2. The molecule has 1 aliphatic carbocycles. The van der Waals surface area contributed by atoms with Crippen molar-refractivity contribution in [1.29, 1.82) is 0 Å². The summed E-state index contributed by atoms with van der Waals surface area (Å²) >= 11 is 0. The van der Waals surface area contributed by atoms with Gasteiger partial charge in [0.15, 0.2) is 0 Å². The number of aryl methyl sites for hydroxylation is 1. The van der Waals surface area contributed by atoms with Crippen molar-refractivity contribution >= 4 is 5.82 Å². The second-order valence-electron chi connectivity index (χ2n) is 4.18. The molecule has 88 valence electrons. The smallest absolute Gasteiger partial charge is 0.132 e. The average molecular weight is 220 g/mol. The van der Waals surface area contributed by atoms with Gasteiger partial charge in [-0.05, 0) is 32.2 Å². The van der Waals surface area contributed by atoms with Crippen LogP contribution in [-0.2, 0) is 12.8 Å². The van der Waals surface area contributed by atoms with Crippen LogP contribution in [0.3, 0.4) is 0 Å². The zero-order valence-electron chi connectivity index (χ0n) is 9.92. The fraction of sp³-hybridized carbons (Fsp3) is 0.667. The Labute approximate surface area is 96.9 Å². The molecule has 1 aliphatic rings. The Hall–Kier alpha value is -1.16. The molecular formula is C12H20N4. The Bertz CT molecular complexity index is 338. The maximum Gasteiger partial charge on any atom is 0.132 e. The standard InChI is InChI=1S/C12H20N4/c1-2-6-13-7-8-14-12-10-4-3-5-11(10)15-9-16-12/h9,13H,2-8H2,1H3,(H,14,15,16). The number of anilines is 1. The molecule has 0 unspecified atom stereocenters. The third-order valence-corrected chi connectivity index (χ3v) is 2.90. The predicted molar refractivity (Wildman–Crippen MR) is 65.7 cm³/mol. The summed E-state index contributed by atoms with van der Waals surface area (Å²) in [5.41, 5.74) is 2.57. The Morgan fingerprint density at radius 3 is 3.00 bits per heavy atom. The van der Waals surface area contributed by atoms with Crippen molar-refractivity contribution in [2.75, 3.05) is 25.0 Å². The second-order valence-corrected chi connectivity index (χ2v) is 4.18. The molecule has 0 aliphatic heterocycles. The molecule has 4 heteroatoms. The highest BCUT2D eigenvalue weighted by Crippen LogP contribution is 2.24. The first-order valence-electron chi connectivity index (χ1n) is 6.19. The average Bonchev–Trinajstić information content (AvgIpc) is 2.77. The summed E-state index contributed by atoms with van der Waals surface area (Å²) in [5, 5.41) is 6.76. The van der Waals surface area contributed by atoms with E-state index in [4.69, 9.17) is 0 Å². The molecule has 0 saturated carbocycles. The molecule has 16 heavy (non-hydrogen) atoms. The van der Waals surface area contributed by atoms with Crippen molar-refractivity contribution in [3.05, 3.63) is 17.6 Å². The van der Waals surface area contributed by atoms with Crippen molar-refractivity contribution in [2.45, 2.75) is 32.6 Å². The van der Waals surface area contributed by atoms with Crippen LogP contribution in [0.1, 0.15) is 31.0 Å². The number of nitrogens with zero attached hydrogens (tertiary/aromatic N) is 2. The number of hydrogen-bond acceptors (Lipinski definition) is 4. The zero-order valence-corrected chi connectivity index (χ0v) is 9.92. The van der Waals surface area contributed by atoms with Gasteiger partial charge in [-0.25, -0.2) is 9.97 Å². The van der Waals surface area contributed by atoms with Gasteiger partial charge in [0.05, 0.1) is 0 Å². The Kier molecular flexibility index (Phi) is 4.10. The lowest BCUT2D eigenvalue weighted by molar-refractivity contribution is 0.686. The zero-order chi connectivity index (χ0) is 11.2. The van der Waals surface area contributed by atoms with Crippen LogP contribution in [0.4, 0.5) is 5.82 Å². The van der Waals surface area contributed by atoms with Crippen LogP contribution in [0.2, 0.25) is 0 Å². The third kappa shape index (κ3) is 2.70. The van der Waals surface area contributed by atoms with Crippen molar-refractivity contribution in [3.8, 4) is 0 Å². The van der Waals surface area contributed by atoms with Gasteiger partial charge in [-0.2, -0.15) is 0 Å². The van der Waals surface area contributed by atoms with Gasteiger partial charge in [0, 0.05) is 24.3 Å². The Morgan fingerprint density at radius 1 is 1.19 bits per heavy atom. The number of fused-ring (bicyclic) bond motifs is 1. The largest absolute Gasteiger partial charge is 0.368 e. The molecule has 0 radical (unpaired) electrons. The van der Waals surface area contributed by atoms with E-state index in [9.17, 15) is 0 Å². The first-order chi connectivity index (χ1) is 7.92. The monoisotopic (exact) mass is 220 g/mol. The predicted octanol–water partition coefficient (Wildman–Crippen LogP) is 1.38. The van der Waals surface area contributed by atoms with Crippen molar-refractivity contribution in [2.24, 2.45) is 0 Å². The summed E-state index contributed by atoms with van der Waals surface area (Å²) in [6.07, 6.45) is 6.31. The maximum atomic E-state index is 4.32. The molecule has 0 aromatic carbocycles. The van der Waals surface area contributed by atoms with Crippen molar-refractivity contribution in [3.63, 3.8) is 0 Å². The van der Waals surface area contributed by atoms with E-state index in [0.29, 0.717) is 0 Å². The molecule has 0 saturated heterocycles. The highest BCUT2D eigenvalue weighted by molar-refractivity contribution is 5.47. The van der Waals surface area contributed by atoms with Crippen LogP contribution in [0, 0.1) is 0 Å². The highest BCUT2D eigenvalue weighted by atomic mass is 15.0. The van der Waals surface area contributed by atoms with Crippen LogP contribution in [0.5, 0.6) is 0 Å². The number of nitrogens with one attached hydrogen (secondary N) is 2. The molecule has 0 fully saturated rings. The topological polar surface area (TPSA) is 49.8 Å². The van der Waals surface area contributed by atoms with Gasteiger partial charge in [0.25, 0.3) is 0 Å². The molecule has 1 aromatic heterocycles. The first kappa shape index (κ1) is 11.3. The number of aromatic nitrogens is 2. The lowest BCUT2D eigenvalue weighted by Gasteiger charge is -2.09. The summed E-state index contributed by atoms with van der Waals surface area (Å²) in [4.78, 5) is 8.63. The summed E-state index contributed by atoms with van der Waals surface area (Å²) < 4.78 is 0. The summed E-state index contributed by atoms with van der Waals surface area (Å²) in [6.45, 7) is 5.19. The SMILES string of the molecule is CCCNCCNc1ncnc2c1CCC2. The minimum Gasteiger partial charge on any atom is -0.368 e. The Balaban J connectivity index is 1.83. The molecule has 2 N–H and O–H groups in total. The highest BCUT2D eigenvalue weighted by Gasteiger charge is 2.16. The molecule has 1 heterocycles. The normalized spacial score (nSPS) is 13.8. The summed E-state index contributed by atoms with van der Waals surface area (Å²) in [6, 6.07) is 0. The van der Waals surface area contributed by atoms with Crippen LogP contribution < -0.4 is 10.6 Å². The molecule has 0 bridgehead atoms. The van der Waals surface area contributed by atoms with Crippen molar-refractivity contribution in [1.82, 2.24) is 15.3 Å². The third-order valence-electron chi connectivity index (χ3n) is 2.90. The van der Waals surface area contributed by atoms with E-state index < -0.39 is 0 Å². The van der Waals surface area contributed by atoms with Crippen LogP contribution in [0.15, 0.2) is 6.33 Å². The van der Waals surface area contributed by atoms with Crippen LogP contribution >= 0.6 is 0 Å². The van der Waals surface area contributed by atoms with E-state index in [1.54, 1.807) is 6.33 Å². The second kappa shape index (κ2) is 5.80. The maximum absolute atomic E-state index is 4.32. The molecule has 0 amide bonds. The minimum absolute atomic E-state index is 0.934.